The summed E-state index contributed by atoms with van der Waals surface area (Å²) in [6.07, 6.45) is 2.35. The van der Waals surface area contributed by atoms with E-state index in [2.05, 4.69) is 4.98 Å². The molecule has 0 radical (unpaired) electrons. The van der Waals surface area contributed by atoms with Crippen molar-refractivity contribution in [1.82, 2.24) is 13.9 Å². The summed E-state index contributed by atoms with van der Waals surface area (Å²) < 4.78 is 30.8. The molecule has 0 saturated carbocycles. The molecule has 10 heteroatoms. The van der Waals surface area contributed by atoms with Crippen LogP contribution in [0.15, 0.2) is 6.20 Å². The summed E-state index contributed by atoms with van der Waals surface area (Å²) in [7, 11) is -3.29. The van der Waals surface area contributed by atoms with Gasteiger partial charge >= 0.3 is 11.8 Å². The maximum atomic E-state index is 11.4. The molecule has 100 valence electrons. The van der Waals surface area contributed by atoms with Crippen molar-refractivity contribution < 1.29 is 18.1 Å². The average Bonchev–Trinajstić information content (AvgIpc) is 2.59. The molecule has 1 aromatic heterocycles. The highest BCUT2D eigenvalue weighted by molar-refractivity contribution is 7.88. The van der Waals surface area contributed by atoms with Gasteiger partial charge in [-0.15, -0.1) is 0 Å². The van der Waals surface area contributed by atoms with E-state index < -0.39 is 14.9 Å². The van der Waals surface area contributed by atoms with Crippen LogP contribution in [0.4, 0.5) is 5.82 Å². The molecule has 0 amide bonds. The second-order valence-electron chi connectivity index (χ2n) is 3.84. The molecule has 0 aromatic carbocycles. The van der Waals surface area contributed by atoms with Crippen molar-refractivity contribution in [2.45, 2.75) is 6.54 Å². The van der Waals surface area contributed by atoms with Crippen LogP contribution in [0.5, 0.6) is 6.01 Å². The monoisotopic (exact) mass is 276 g/mol. The van der Waals surface area contributed by atoms with E-state index in [0.29, 0.717) is 0 Å². The van der Waals surface area contributed by atoms with Gasteiger partial charge < -0.3 is 14.9 Å². The minimum Gasteiger partial charge on any atom is -0.444 e. The largest absolute Gasteiger partial charge is 0.444 e. The highest BCUT2D eigenvalue weighted by Crippen LogP contribution is 2.19. The molecular weight excluding hydrogens is 264 g/mol. The summed E-state index contributed by atoms with van der Waals surface area (Å²) in [5.41, 5.74) is 0. The van der Waals surface area contributed by atoms with Crippen molar-refractivity contribution in [2.75, 3.05) is 26.0 Å². The molecule has 0 N–H and O–H groups in total. The molecule has 0 unspecified atom stereocenters. The third-order valence-electron chi connectivity index (χ3n) is 2.55. The van der Waals surface area contributed by atoms with Gasteiger partial charge in [0, 0.05) is 24.6 Å². The third kappa shape index (κ3) is 2.59. The molecule has 18 heavy (non-hydrogen) atoms. The Labute approximate surface area is 103 Å². The number of aromatic nitrogens is 2. The first kappa shape index (κ1) is 12.8. The fourth-order valence-electron chi connectivity index (χ4n) is 1.65. The van der Waals surface area contributed by atoms with E-state index in [4.69, 9.17) is 4.74 Å². The molecule has 9 nitrogen and oxygen atoms in total. The number of rotatable bonds is 2. The number of hydrogen-bond acceptors (Lipinski definition) is 6. The van der Waals surface area contributed by atoms with Gasteiger partial charge in [0.25, 0.3) is 0 Å². The Morgan fingerprint density at radius 3 is 2.78 bits per heavy atom. The predicted molar refractivity (Wildman–Crippen MR) is 60.8 cm³/mol. The van der Waals surface area contributed by atoms with Gasteiger partial charge in [-0.25, -0.2) is 8.42 Å². The van der Waals surface area contributed by atoms with Gasteiger partial charge in [0.1, 0.15) is 12.8 Å². The quantitative estimate of drug-likeness (QED) is 0.529. The summed E-state index contributed by atoms with van der Waals surface area (Å²) in [6.45, 7) is 0.826. The van der Waals surface area contributed by atoms with E-state index in [1.807, 2.05) is 0 Å². The number of hydrogen-bond donors (Lipinski definition) is 0. The topological polar surface area (TPSA) is 108 Å². The van der Waals surface area contributed by atoms with Crippen LogP contribution >= 0.6 is 0 Å². The standard InChI is InChI=1S/C8H12N4O5S/c1-18(15,16)11-3-2-10-6-7(12(13)14)9-8(10)17-5-4-11/h6H,2-5H2,1H3. The van der Waals surface area contributed by atoms with Gasteiger partial charge in [0.2, 0.25) is 10.0 Å². The molecule has 0 bridgehead atoms. The summed E-state index contributed by atoms with van der Waals surface area (Å²) >= 11 is 0. The Balaban J connectivity index is 2.22. The fourth-order valence-corrected chi connectivity index (χ4v) is 2.47. The van der Waals surface area contributed by atoms with Crippen LogP contribution in [0.2, 0.25) is 0 Å². The number of nitro groups is 1. The van der Waals surface area contributed by atoms with Gasteiger partial charge in [0.15, 0.2) is 0 Å². The SMILES string of the molecule is CS(=O)(=O)N1CCOc2nc([N+](=O)[O-])cn2CC1. The molecule has 1 aromatic rings. The summed E-state index contributed by atoms with van der Waals surface area (Å²) in [6, 6.07) is 0.148. The minimum absolute atomic E-state index is 0.112. The first-order valence-corrected chi connectivity index (χ1v) is 7.02. The molecule has 2 rings (SSSR count). The van der Waals surface area contributed by atoms with Gasteiger partial charge in [-0.3, -0.25) is 4.57 Å². The van der Waals surface area contributed by atoms with Gasteiger partial charge in [-0.05, 0) is 4.92 Å². The number of fused-ring (bicyclic) bond motifs is 1. The van der Waals surface area contributed by atoms with Crippen LogP contribution in [-0.4, -0.2) is 53.1 Å². The maximum Gasteiger partial charge on any atom is 0.414 e. The van der Waals surface area contributed by atoms with E-state index >= 15 is 0 Å². The van der Waals surface area contributed by atoms with E-state index in [0.717, 1.165) is 6.26 Å². The first-order chi connectivity index (χ1) is 8.38. The Hall–Kier alpha value is -1.68. The number of imidazole rings is 1. The van der Waals surface area contributed by atoms with Crippen LogP contribution in [0.1, 0.15) is 0 Å². The van der Waals surface area contributed by atoms with Gasteiger partial charge in [-0.1, -0.05) is 0 Å². The Bertz CT molecular complexity index is 566. The second kappa shape index (κ2) is 4.53. The van der Waals surface area contributed by atoms with Crippen LogP contribution in [0, 0.1) is 10.1 Å². The number of ether oxygens (including phenoxy) is 1. The molecule has 0 aliphatic carbocycles. The van der Waals surface area contributed by atoms with Crippen molar-refractivity contribution in [3.05, 3.63) is 16.3 Å². The van der Waals surface area contributed by atoms with Crippen molar-refractivity contribution >= 4 is 15.8 Å². The molecule has 1 aliphatic rings. The Morgan fingerprint density at radius 1 is 1.44 bits per heavy atom. The van der Waals surface area contributed by atoms with Crippen LogP contribution in [0.3, 0.4) is 0 Å². The van der Waals surface area contributed by atoms with E-state index in [-0.39, 0.29) is 38.1 Å². The molecular formula is C8H12N4O5S. The Kier molecular flexibility index (Phi) is 3.22. The van der Waals surface area contributed by atoms with Crippen LogP contribution < -0.4 is 4.74 Å². The van der Waals surface area contributed by atoms with Gasteiger partial charge in [-0.2, -0.15) is 4.31 Å². The van der Waals surface area contributed by atoms with Crippen LogP contribution in [0.25, 0.3) is 0 Å². The third-order valence-corrected chi connectivity index (χ3v) is 3.85. The lowest BCUT2D eigenvalue weighted by Crippen LogP contribution is -2.37. The Morgan fingerprint density at radius 2 is 2.17 bits per heavy atom. The van der Waals surface area contributed by atoms with Crippen molar-refractivity contribution in [2.24, 2.45) is 0 Å². The van der Waals surface area contributed by atoms with Crippen molar-refractivity contribution in [3.8, 4) is 6.01 Å². The fraction of sp³-hybridized carbons (Fsp3) is 0.625. The second-order valence-corrected chi connectivity index (χ2v) is 5.83. The molecule has 1 aliphatic heterocycles. The summed E-state index contributed by atoms with van der Waals surface area (Å²) in [5, 5.41) is 10.6. The molecule has 0 atom stereocenters. The number of nitrogens with zero attached hydrogens (tertiary/aromatic N) is 4. The van der Waals surface area contributed by atoms with E-state index in [1.165, 1.54) is 15.1 Å². The highest BCUT2D eigenvalue weighted by Gasteiger charge is 2.25. The molecule has 0 fully saturated rings. The van der Waals surface area contributed by atoms with E-state index in [1.54, 1.807) is 0 Å². The molecule has 2 heterocycles. The van der Waals surface area contributed by atoms with E-state index in [9.17, 15) is 18.5 Å². The normalized spacial score (nSPS) is 17.4. The predicted octanol–water partition coefficient (Wildman–Crippen LogP) is -0.555. The lowest BCUT2D eigenvalue weighted by molar-refractivity contribution is -0.389. The summed E-state index contributed by atoms with van der Waals surface area (Å²) in [4.78, 5) is 13.7. The molecule has 0 spiro atoms. The first-order valence-electron chi connectivity index (χ1n) is 5.17. The summed E-state index contributed by atoms with van der Waals surface area (Å²) in [5.74, 6) is -0.308. The van der Waals surface area contributed by atoms with Gasteiger partial charge in [0.05, 0.1) is 6.26 Å². The average molecular weight is 276 g/mol. The zero-order valence-electron chi connectivity index (χ0n) is 9.64. The van der Waals surface area contributed by atoms with Crippen molar-refractivity contribution in [1.29, 1.82) is 0 Å². The lowest BCUT2D eigenvalue weighted by Gasteiger charge is -2.21. The zero-order valence-corrected chi connectivity index (χ0v) is 10.5. The highest BCUT2D eigenvalue weighted by atomic mass is 32.2. The maximum absolute atomic E-state index is 11.4. The number of sulfonamides is 1. The minimum atomic E-state index is -3.29. The van der Waals surface area contributed by atoms with Crippen LogP contribution in [-0.2, 0) is 16.6 Å². The van der Waals surface area contributed by atoms with Crippen molar-refractivity contribution in [3.63, 3.8) is 0 Å². The lowest BCUT2D eigenvalue weighted by atomic mass is 10.5. The zero-order chi connectivity index (χ0) is 13.3. The molecule has 0 saturated heterocycles. The smallest absolute Gasteiger partial charge is 0.414 e.